The van der Waals surface area contributed by atoms with Gasteiger partial charge in [-0.2, -0.15) is 0 Å². The summed E-state index contributed by atoms with van der Waals surface area (Å²) in [6.45, 7) is 4.30. The second-order valence-corrected chi connectivity index (χ2v) is 7.49. The molecule has 0 atom stereocenters. The number of hydrogen-bond donors (Lipinski definition) is 2. The Hall–Kier alpha value is -1.44. The molecule has 3 N–H and O–H groups in total. The number of nitrogens with zero attached hydrogens (tertiary/aromatic N) is 2. The van der Waals surface area contributed by atoms with Gasteiger partial charge in [0, 0.05) is 12.3 Å². The molecule has 7 heteroatoms. The van der Waals surface area contributed by atoms with Gasteiger partial charge in [0.1, 0.15) is 0 Å². The van der Waals surface area contributed by atoms with Crippen molar-refractivity contribution in [2.75, 3.05) is 11.9 Å². The molecule has 1 aromatic carbocycles. The van der Waals surface area contributed by atoms with Crippen molar-refractivity contribution in [3.05, 3.63) is 35.9 Å². The lowest BCUT2D eigenvalue weighted by Crippen LogP contribution is -2.41. The highest BCUT2D eigenvalue weighted by molar-refractivity contribution is 8.00. The molecule has 23 heavy (non-hydrogen) atoms. The number of carbonyl (C=O) groups excluding carboxylic acids is 1. The third-order valence-electron chi connectivity index (χ3n) is 4.06. The average Bonchev–Trinajstić information content (AvgIpc) is 3.03. The van der Waals surface area contributed by atoms with Crippen molar-refractivity contribution in [1.82, 2.24) is 10.2 Å². The molecule has 2 aromatic rings. The molecular weight excluding hydrogens is 328 g/mol. The fourth-order valence-corrected chi connectivity index (χ4v) is 3.92. The second-order valence-electron chi connectivity index (χ2n) is 5.29. The molecule has 1 heterocycles. The third kappa shape index (κ3) is 4.53. The number of aromatic nitrogens is 2. The standard InChI is InChI=1S/C16H22N4OS2/c1-3-16(4-2,11-17)13(21)18-14-19-20-15(23-14)22-10-12-8-6-5-7-9-12/h5-9H,3-4,10-11,17H2,1-2H3,(H,18,19,21). The quantitative estimate of drug-likeness (QED) is 0.562. The van der Waals surface area contributed by atoms with Crippen LogP contribution in [0.2, 0.25) is 0 Å². The molecule has 0 radical (unpaired) electrons. The van der Waals surface area contributed by atoms with E-state index in [1.54, 1.807) is 11.8 Å². The molecule has 124 valence electrons. The highest BCUT2D eigenvalue weighted by Crippen LogP contribution is 2.31. The number of anilines is 1. The van der Waals surface area contributed by atoms with E-state index >= 15 is 0 Å². The Morgan fingerprint density at radius 1 is 1.26 bits per heavy atom. The Morgan fingerprint density at radius 3 is 2.57 bits per heavy atom. The number of rotatable bonds is 8. The molecule has 2 rings (SSSR count). The molecular formula is C16H22N4OS2. The first-order chi connectivity index (χ1) is 11.1. The lowest BCUT2D eigenvalue weighted by molar-refractivity contribution is -0.125. The van der Waals surface area contributed by atoms with Gasteiger partial charge in [-0.05, 0) is 18.4 Å². The van der Waals surface area contributed by atoms with Crippen LogP contribution in [0.4, 0.5) is 5.13 Å². The van der Waals surface area contributed by atoms with E-state index in [0.717, 1.165) is 10.1 Å². The van der Waals surface area contributed by atoms with E-state index in [-0.39, 0.29) is 5.91 Å². The van der Waals surface area contributed by atoms with Crippen molar-refractivity contribution in [2.45, 2.75) is 36.8 Å². The Kier molecular flexibility index (Phi) is 6.56. The van der Waals surface area contributed by atoms with E-state index in [0.29, 0.717) is 24.5 Å². The molecule has 0 saturated heterocycles. The third-order valence-corrected chi connectivity index (χ3v) is 6.10. The van der Waals surface area contributed by atoms with Crippen LogP contribution < -0.4 is 11.1 Å². The van der Waals surface area contributed by atoms with Gasteiger partial charge in [0.05, 0.1) is 5.41 Å². The summed E-state index contributed by atoms with van der Waals surface area (Å²) in [7, 11) is 0. The van der Waals surface area contributed by atoms with Crippen LogP contribution in [0.1, 0.15) is 32.3 Å². The minimum atomic E-state index is -0.525. The Morgan fingerprint density at radius 2 is 1.96 bits per heavy atom. The van der Waals surface area contributed by atoms with Crippen molar-refractivity contribution in [3.63, 3.8) is 0 Å². The fraction of sp³-hybridized carbons (Fsp3) is 0.438. The molecule has 0 saturated carbocycles. The first-order valence-electron chi connectivity index (χ1n) is 7.65. The molecule has 0 aliphatic heterocycles. The summed E-state index contributed by atoms with van der Waals surface area (Å²) in [5.41, 5.74) is 6.51. The van der Waals surface area contributed by atoms with E-state index in [9.17, 15) is 4.79 Å². The highest BCUT2D eigenvalue weighted by Gasteiger charge is 2.33. The molecule has 0 spiro atoms. The molecule has 1 aromatic heterocycles. The van der Waals surface area contributed by atoms with Crippen molar-refractivity contribution >= 4 is 34.1 Å². The van der Waals surface area contributed by atoms with E-state index in [4.69, 9.17) is 5.73 Å². The van der Waals surface area contributed by atoms with Gasteiger partial charge in [-0.1, -0.05) is 67.3 Å². The van der Waals surface area contributed by atoms with Crippen molar-refractivity contribution < 1.29 is 4.79 Å². The van der Waals surface area contributed by atoms with Crippen LogP contribution in [-0.2, 0) is 10.5 Å². The Balaban J connectivity index is 1.95. The maximum atomic E-state index is 12.5. The first kappa shape index (κ1) is 17.9. The second kappa shape index (κ2) is 8.42. The number of benzene rings is 1. The van der Waals surface area contributed by atoms with Crippen LogP contribution in [0, 0.1) is 5.41 Å². The predicted molar refractivity (Wildman–Crippen MR) is 96.6 cm³/mol. The van der Waals surface area contributed by atoms with Gasteiger partial charge in [-0.15, -0.1) is 10.2 Å². The van der Waals surface area contributed by atoms with Crippen LogP contribution in [0.25, 0.3) is 0 Å². The zero-order valence-corrected chi connectivity index (χ0v) is 15.0. The van der Waals surface area contributed by atoms with Gasteiger partial charge in [0.15, 0.2) is 4.34 Å². The average molecular weight is 351 g/mol. The molecule has 0 fully saturated rings. The molecule has 0 unspecified atom stereocenters. The van der Waals surface area contributed by atoms with Gasteiger partial charge in [0.2, 0.25) is 11.0 Å². The monoisotopic (exact) mass is 350 g/mol. The normalized spacial score (nSPS) is 11.4. The molecule has 0 aliphatic rings. The van der Waals surface area contributed by atoms with E-state index < -0.39 is 5.41 Å². The smallest absolute Gasteiger partial charge is 0.233 e. The summed E-state index contributed by atoms with van der Waals surface area (Å²) < 4.78 is 0.843. The number of hydrogen-bond acceptors (Lipinski definition) is 6. The molecule has 1 amide bonds. The fourth-order valence-electron chi connectivity index (χ4n) is 2.22. The minimum absolute atomic E-state index is 0.0687. The summed E-state index contributed by atoms with van der Waals surface area (Å²) in [6.07, 6.45) is 1.42. The van der Waals surface area contributed by atoms with Gasteiger partial charge in [0.25, 0.3) is 0 Å². The Labute approximate surface area is 145 Å². The Bertz CT molecular complexity index is 618. The minimum Gasteiger partial charge on any atom is -0.329 e. The summed E-state index contributed by atoms with van der Waals surface area (Å²) in [5.74, 6) is 0.765. The number of nitrogens with one attached hydrogen (secondary N) is 1. The zero-order chi connectivity index (χ0) is 16.7. The van der Waals surface area contributed by atoms with Crippen LogP contribution in [0.3, 0.4) is 0 Å². The summed E-state index contributed by atoms with van der Waals surface area (Å²) in [4.78, 5) is 12.5. The van der Waals surface area contributed by atoms with Crippen LogP contribution in [0.15, 0.2) is 34.7 Å². The SMILES string of the molecule is CCC(CC)(CN)C(=O)Nc1nnc(SCc2ccccc2)s1. The van der Waals surface area contributed by atoms with Crippen molar-refractivity contribution in [1.29, 1.82) is 0 Å². The number of carbonyl (C=O) groups is 1. The topological polar surface area (TPSA) is 80.9 Å². The predicted octanol–water partition coefficient (Wildman–Crippen LogP) is 3.53. The van der Waals surface area contributed by atoms with Gasteiger partial charge >= 0.3 is 0 Å². The lowest BCUT2D eigenvalue weighted by Gasteiger charge is -2.27. The highest BCUT2D eigenvalue weighted by atomic mass is 32.2. The van der Waals surface area contributed by atoms with Crippen LogP contribution in [0.5, 0.6) is 0 Å². The molecule has 0 bridgehead atoms. The maximum absolute atomic E-state index is 12.5. The summed E-state index contributed by atoms with van der Waals surface area (Å²) >= 11 is 3.01. The zero-order valence-electron chi connectivity index (χ0n) is 13.4. The summed E-state index contributed by atoms with van der Waals surface area (Å²) in [5, 5.41) is 11.6. The van der Waals surface area contributed by atoms with Crippen LogP contribution in [-0.4, -0.2) is 22.6 Å². The first-order valence-corrected chi connectivity index (χ1v) is 9.45. The molecule has 5 nitrogen and oxygen atoms in total. The van der Waals surface area contributed by atoms with Gasteiger partial charge < -0.3 is 5.73 Å². The van der Waals surface area contributed by atoms with Crippen LogP contribution >= 0.6 is 23.1 Å². The number of thioether (sulfide) groups is 1. The summed E-state index contributed by atoms with van der Waals surface area (Å²) in [6, 6.07) is 10.2. The van der Waals surface area contributed by atoms with E-state index in [1.807, 2.05) is 32.0 Å². The van der Waals surface area contributed by atoms with E-state index in [1.165, 1.54) is 16.9 Å². The largest absolute Gasteiger partial charge is 0.329 e. The number of amides is 1. The van der Waals surface area contributed by atoms with Crippen molar-refractivity contribution in [2.24, 2.45) is 11.1 Å². The molecule has 0 aliphatic carbocycles. The van der Waals surface area contributed by atoms with Gasteiger partial charge in [-0.3, -0.25) is 10.1 Å². The number of nitrogens with two attached hydrogens (primary N) is 1. The lowest BCUT2D eigenvalue weighted by atomic mass is 9.81. The van der Waals surface area contributed by atoms with Crippen molar-refractivity contribution in [3.8, 4) is 0 Å². The van der Waals surface area contributed by atoms with E-state index in [2.05, 4.69) is 27.6 Å². The maximum Gasteiger partial charge on any atom is 0.233 e. The van der Waals surface area contributed by atoms with Gasteiger partial charge in [-0.25, -0.2) is 0 Å².